The number of hydrogen-bond acceptors (Lipinski definition) is 3. The molecule has 19 heavy (non-hydrogen) atoms. The van der Waals surface area contributed by atoms with Crippen molar-refractivity contribution in [3.8, 4) is 5.75 Å². The number of halogens is 1. The van der Waals surface area contributed by atoms with Crippen LogP contribution in [0, 0.1) is 0 Å². The summed E-state index contributed by atoms with van der Waals surface area (Å²) in [6.45, 7) is 5.31. The molecule has 1 aliphatic heterocycles. The molecule has 1 heterocycles. The SMILES string of the molecule is CCN(C)C(=O)CN1CCOc2ccc(Br)cc2C1. The van der Waals surface area contributed by atoms with Gasteiger partial charge in [0.05, 0.1) is 6.54 Å². The van der Waals surface area contributed by atoms with Crippen LogP contribution >= 0.6 is 15.9 Å². The monoisotopic (exact) mass is 326 g/mol. The first kappa shape index (κ1) is 14.3. The second kappa shape index (κ2) is 6.39. The molecule has 1 aliphatic rings. The maximum Gasteiger partial charge on any atom is 0.236 e. The molecule has 0 radical (unpaired) electrons. The summed E-state index contributed by atoms with van der Waals surface area (Å²) in [6.07, 6.45) is 0. The molecule has 0 aliphatic carbocycles. The van der Waals surface area contributed by atoms with Crippen molar-refractivity contribution < 1.29 is 9.53 Å². The lowest BCUT2D eigenvalue weighted by Crippen LogP contribution is -2.38. The number of carbonyl (C=O) groups is 1. The van der Waals surface area contributed by atoms with Gasteiger partial charge in [0, 0.05) is 36.7 Å². The lowest BCUT2D eigenvalue weighted by Gasteiger charge is -2.22. The summed E-state index contributed by atoms with van der Waals surface area (Å²) in [6, 6.07) is 6.01. The van der Waals surface area contributed by atoms with E-state index in [2.05, 4.69) is 26.9 Å². The zero-order chi connectivity index (χ0) is 13.8. The van der Waals surface area contributed by atoms with Gasteiger partial charge in [-0.05, 0) is 25.1 Å². The van der Waals surface area contributed by atoms with E-state index < -0.39 is 0 Å². The first-order chi connectivity index (χ1) is 9.10. The van der Waals surface area contributed by atoms with Crippen molar-refractivity contribution in [3.63, 3.8) is 0 Å². The number of amides is 1. The van der Waals surface area contributed by atoms with Crippen molar-refractivity contribution in [2.45, 2.75) is 13.5 Å². The van der Waals surface area contributed by atoms with Crippen LogP contribution in [0.25, 0.3) is 0 Å². The molecule has 1 aromatic carbocycles. The first-order valence-electron chi connectivity index (χ1n) is 6.47. The number of carbonyl (C=O) groups excluding carboxylic acids is 1. The quantitative estimate of drug-likeness (QED) is 0.853. The van der Waals surface area contributed by atoms with E-state index in [4.69, 9.17) is 4.74 Å². The van der Waals surface area contributed by atoms with Crippen molar-refractivity contribution >= 4 is 21.8 Å². The fraction of sp³-hybridized carbons (Fsp3) is 0.500. The second-order valence-corrected chi connectivity index (χ2v) is 5.63. The molecule has 1 aromatic rings. The Morgan fingerprint density at radius 3 is 3.05 bits per heavy atom. The molecule has 0 N–H and O–H groups in total. The molecule has 0 unspecified atom stereocenters. The Bertz CT molecular complexity index is 465. The predicted molar refractivity (Wildman–Crippen MR) is 78.2 cm³/mol. The molecule has 0 bridgehead atoms. The first-order valence-corrected chi connectivity index (χ1v) is 7.27. The average Bonchev–Trinajstić information content (AvgIpc) is 2.58. The Morgan fingerprint density at radius 2 is 2.32 bits per heavy atom. The van der Waals surface area contributed by atoms with Crippen LogP contribution in [0.5, 0.6) is 5.75 Å². The number of nitrogens with zero attached hydrogens (tertiary/aromatic N) is 2. The standard InChI is InChI=1S/C14H19BrN2O2/c1-3-16(2)14(18)10-17-6-7-19-13-5-4-12(15)8-11(13)9-17/h4-5,8H,3,6-7,9-10H2,1-2H3. The van der Waals surface area contributed by atoms with Crippen LogP contribution in [0.4, 0.5) is 0 Å². The van der Waals surface area contributed by atoms with Gasteiger partial charge in [0.15, 0.2) is 0 Å². The zero-order valence-corrected chi connectivity index (χ0v) is 12.9. The highest BCUT2D eigenvalue weighted by Crippen LogP contribution is 2.26. The number of likely N-dealkylation sites (N-methyl/N-ethyl adjacent to an activating group) is 1. The van der Waals surface area contributed by atoms with E-state index in [1.54, 1.807) is 4.90 Å². The van der Waals surface area contributed by atoms with Gasteiger partial charge in [0.25, 0.3) is 0 Å². The van der Waals surface area contributed by atoms with E-state index in [-0.39, 0.29) is 5.91 Å². The number of hydrogen-bond donors (Lipinski definition) is 0. The maximum absolute atomic E-state index is 12.0. The Balaban J connectivity index is 2.07. The van der Waals surface area contributed by atoms with Gasteiger partial charge in [-0.25, -0.2) is 0 Å². The lowest BCUT2D eigenvalue weighted by atomic mass is 10.2. The third-order valence-corrected chi connectivity index (χ3v) is 3.83. The highest BCUT2D eigenvalue weighted by atomic mass is 79.9. The summed E-state index contributed by atoms with van der Waals surface area (Å²) < 4.78 is 6.75. The molecule has 0 atom stereocenters. The molecular weight excluding hydrogens is 308 g/mol. The lowest BCUT2D eigenvalue weighted by molar-refractivity contribution is -0.131. The number of ether oxygens (including phenoxy) is 1. The minimum absolute atomic E-state index is 0.154. The zero-order valence-electron chi connectivity index (χ0n) is 11.4. The van der Waals surface area contributed by atoms with E-state index in [1.807, 2.05) is 26.1 Å². The molecule has 1 amide bonds. The van der Waals surface area contributed by atoms with Crippen molar-refractivity contribution in [2.24, 2.45) is 0 Å². The maximum atomic E-state index is 12.0. The van der Waals surface area contributed by atoms with Crippen LogP contribution in [-0.4, -0.2) is 49.0 Å². The van der Waals surface area contributed by atoms with E-state index in [9.17, 15) is 4.79 Å². The molecule has 5 heteroatoms. The van der Waals surface area contributed by atoms with Crippen LogP contribution in [0.1, 0.15) is 12.5 Å². The fourth-order valence-corrected chi connectivity index (χ4v) is 2.45. The summed E-state index contributed by atoms with van der Waals surface area (Å²) >= 11 is 3.47. The molecule has 4 nitrogen and oxygen atoms in total. The molecule has 104 valence electrons. The van der Waals surface area contributed by atoms with Gasteiger partial charge in [-0.2, -0.15) is 0 Å². The number of benzene rings is 1. The van der Waals surface area contributed by atoms with Crippen LogP contribution in [0.3, 0.4) is 0 Å². The van der Waals surface area contributed by atoms with Crippen LogP contribution < -0.4 is 4.74 Å². The smallest absolute Gasteiger partial charge is 0.236 e. The van der Waals surface area contributed by atoms with Crippen molar-refractivity contribution in [2.75, 3.05) is 33.3 Å². The molecule has 0 spiro atoms. The highest BCUT2D eigenvalue weighted by Gasteiger charge is 2.19. The summed E-state index contributed by atoms with van der Waals surface area (Å²) in [5.41, 5.74) is 1.12. The van der Waals surface area contributed by atoms with E-state index in [0.29, 0.717) is 13.2 Å². The molecule has 0 aromatic heterocycles. The topological polar surface area (TPSA) is 32.8 Å². The summed E-state index contributed by atoms with van der Waals surface area (Å²) in [4.78, 5) is 15.8. The Hall–Kier alpha value is -1.07. The predicted octanol–water partition coefficient (Wildman–Crippen LogP) is 2.12. The van der Waals surface area contributed by atoms with Gasteiger partial charge < -0.3 is 9.64 Å². The normalized spacial score (nSPS) is 15.3. The molecular formula is C14H19BrN2O2. The van der Waals surface area contributed by atoms with E-state index in [0.717, 1.165) is 35.4 Å². The van der Waals surface area contributed by atoms with E-state index in [1.165, 1.54) is 0 Å². The molecule has 2 rings (SSSR count). The van der Waals surface area contributed by atoms with Crippen LogP contribution in [-0.2, 0) is 11.3 Å². The van der Waals surface area contributed by atoms with Crippen molar-refractivity contribution in [1.82, 2.24) is 9.80 Å². The molecule has 0 saturated heterocycles. The van der Waals surface area contributed by atoms with E-state index >= 15 is 0 Å². The third kappa shape index (κ3) is 3.70. The third-order valence-electron chi connectivity index (χ3n) is 3.34. The van der Waals surface area contributed by atoms with Crippen LogP contribution in [0.2, 0.25) is 0 Å². The number of rotatable bonds is 3. The molecule has 0 fully saturated rings. The van der Waals surface area contributed by atoms with Crippen molar-refractivity contribution in [3.05, 3.63) is 28.2 Å². The Morgan fingerprint density at radius 1 is 1.53 bits per heavy atom. The second-order valence-electron chi connectivity index (χ2n) is 4.72. The van der Waals surface area contributed by atoms with Gasteiger partial charge in [-0.1, -0.05) is 15.9 Å². The average molecular weight is 327 g/mol. The van der Waals surface area contributed by atoms with Gasteiger partial charge in [0.1, 0.15) is 12.4 Å². The minimum Gasteiger partial charge on any atom is -0.492 e. The largest absolute Gasteiger partial charge is 0.492 e. The summed E-state index contributed by atoms with van der Waals surface area (Å²) in [7, 11) is 1.83. The molecule has 0 saturated carbocycles. The van der Waals surface area contributed by atoms with Gasteiger partial charge in [0.2, 0.25) is 5.91 Å². The summed E-state index contributed by atoms with van der Waals surface area (Å²) in [5, 5.41) is 0. The Labute approximate surface area is 122 Å². The van der Waals surface area contributed by atoms with Crippen molar-refractivity contribution in [1.29, 1.82) is 0 Å². The van der Waals surface area contributed by atoms with Crippen LogP contribution in [0.15, 0.2) is 22.7 Å². The van der Waals surface area contributed by atoms with Gasteiger partial charge >= 0.3 is 0 Å². The van der Waals surface area contributed by atoms with Gasteiger partial charge in [-0.15, -0.1) is 0 Å². The number of fused-ring (bicyclic) bond motifs is 1. The van der Waals surface area contributed by atoms with Gasteiger partial charge in [-0.3, -0.25) is 9.69 Å². The summed E-state index contributed by atoms with van der Waals surface area (Å²) in [5.74, 6) is 1.07. The Kier molecular flexibility index (Phi) is 4.82. The minimum atomic E-state index is 0.154. The highest BCUT2D eigenvalue weighted by molar-refractivity contribution is 9.10. The fourth-order valence-electron chi connectivity index (χ4n) is 2.04.